The Morgan fingerprint density at radius 2 is 2.06 bits per heavy atom. The number of hydrogen-bond donors (Lipinski definition) is 1. The van der Waals surface area contributed by atoms with E-state index in [1.54, 1.807) is 0 Å². The summed E-state index contributed by atoms with van der Waals surface area (Å²) in [6, 6.07) is -0.298. The van der Waals surface area contributed by atoms with Crippen molar-refractivity contribution in [1.82, 2.24) is 4.90 Å². The minimum absolute atomic E-state index is 0.162. The van der Waals surface area contributed by atoms with Crippen LogP contribution in [0.2, 0.25) is 0 Å². The fourth-order valence-electron chi connectivity index (χ4n) is 2.64. The highest BCUT2D eigenvalue weighted by atomic mass is 16.2. The van der Waals surface area contributed by atoms with Gasteiger partial charge in [-0.3, -0.25) is 4.79 Å². The van der Waals surface area contributed by atoms with E-state index in [1.165, 1.54) is 12.8 Å². The fraction of sp³-hybridized carbons (Fsp3) is 0.929. The van der Waals surface area contributed by atoms with E-state index in [2.05, 4.69) is 20.8 Å². The summed E-state index contributed by atoms with van der Waals surface area (Å²) in [6.07, 6.45) is 5.58. The van der Waals surface area contributed by atoms with Crippen molar-refractivity contribution >= 4 is 5.91 Å². The highest BCUT2D eigenvalue weighted by molar-refractivity contribution is 5.81. The zero-order valence-corrected chi connectivity index (χ0v) is 11.6. The Bertz CT molecular complexity index is 240. The quantitative estimate of drug-likeness (QED) is 0.820. The molecule has 17 heavy (non-hydrogen) atoms. The first-order valence-electron chi connectivity index (χ1n) is 7.09. The van der Waals surface area contributed by atoms with Gasteiger partial charge in [0.25, 0.3) is 0 Å². The first kappa shape index (κ1) is 14.5. The van der Waals surface area contributed by atoms with Crippen LogP contribution >= 0.6 is 0 Å². The van der Waals surface area contributed by atoms with E-state index >= 15 is 0 Å². The molecule has 0 radical (unpaired) electrons. The molecule has 1 heterocycles. The van der Waals surface area contributed by atoms with Crippen LogP contribution in [0.3, 0.4) is 0 Å². The van der Waals surface area contributed by atoms with Crippen LogP contribution < -0.4 is 5.73 Å². The molecule has 0 aromatic rings. The minimum Gasteiger partial charge on any atom is -0.341 e. The van der Waals surface area contributed by atoms with Crippen molar-refractivity contribution in [3.63, 3.8) is 0 Å². The number of carbonyl (C=O) groups excluding carboxylic acids is 1. The van der Waals surface area contributed by atoms with Crippen molar-refractivity contribution in [1.29, 1.82) is 0 Å². The van der Waals surface area contributed by atoms with Gasteiger partial charge < -0.3 is 10.6 Å². The first-order chi connectivity index (χ1) is 8.04. The summed E-state index contributed by atoms with van der Waals surface area (Å²) in [7, 11) is 0. The molecule has 0 aliphatic carbocycles. The Balaban J connectivity index is 2.46. The van der Waals surface area contributed by atoms with Crippen LogP contribution in [0.4, 0.5) is 0 Å². The van der Waals surface area contributed by atoms with Gasteiger partial charge in [-0.1, -0.05) is 27.2 Å². The summed E-state index contributed by atoms with van der Waals surface area (Å²) in [5.41, 5.74) is 5.98. The zero-order chi connectivity index (χ0) is 12.8. The molecule has 1 fully saturated rings. The normalized spacial score (nSPS) is 23.6. The van der Waals surface area contributed by atoms with Gasteiger partial charge in [-0.25, -0.2) is 0 Å². The molecule has 0 spiro atoms. The highest BCUT2D eigenvalue weighted by Crippen LogP contribution is 2.20. The predicted octanol–water partition coefficient (Wildman–Crippen LogP) is 2.40. The summed E-state index contributed by atoms with van der Waals surface area (Å²) in [4.78, 5) is 14.2. The maximum atomic E-state index is 12.2. The highest BCUT2D eigenvalue weighted by Gasteiger charge is 2.24. The lowest BCUT2D eigenvalue weighted by Crippen LogP contribution is -2.44. The van der Waals surface area contributed by atoms with Crippen LogP contribution in [0.1, 0.15) is 52.9 Å². The van der Waals surface area contributed by atoms with E-state index < -0.39 is 0 Å². The lowest BCUT2D eigenvalue weighted by molar-refractivity contribution is -0.132. The van der Waals surface area contributed by atoms with E-state index in [-0.39, 0.29) is 11.9 Å². The molecule has 1 amide bonds. The second-order valence-electron chi connectivity index (χ2n) is 5.77. The summed E-state index contributed by atoms with van der Waals surface area (Å²) >= 11 is 0. The van der Waals surface area contributed by atoms with Gasteiger partial charge in [-0.15, -0.1) is 0 Å². The lowest BCUT2D eigenvalue weighted by atomic mass is 9.98. The molecule has 1 aliphatic heterocycles. The number of nitrogens with two attached hydrogens (primary N) is 1. The molecule has 1 aliphatic rings. The summed E-state index contributed by atoms with van der Waals surface area (Å²) in [6.45, 7) is 8.28. The maximum Gasteiger partial charge on any atom is 0.239 e. The predicted molar refractivity (Wildman–Crippen MR) is 71.6 cm³/mol. The number of amides is 1. The molecule has 0 bridgehead atoms. The first-order valence-corrected chi connectivity index (χ1v) is 7.09. The Morgan fingerprint density at radius 1 is 1.35 bits per heavy atom. The minimum atomic E-state index is -0.298. The van der Waals surface area contributed by atoms with Crippen LogP contribution in [0.15, 0.2) is 0 Å². The molecular weight excluding hydrogens is 212 g/mol. The van der Waals surface area contributed by atoms with Crippen molar-refractivity contribution in [2.24, 2.45) is 17.6 Å². The van der Waals surface area contributed by atoms with Gasteiger partial charge in [0.1, 0.15) is 0 Å². The van der Waals surface area contributed by atoms with E-state index in [4.69, 9.17) is 5.73 Å². The summed E-state index contributed by atoms with van der Waals surface area (Å²) < 4.78 is 0. The third kappa shape index (κ3) is 4.66. The molecule has 0 aromatic carbocycles. The van der Waals surface area contributed by atoms with Crippen molar-refractivity contribution < 1.29 is 4.79 Å². The Kier molecular flexibility index (Phi) is 5.96. The zero-order valence-electron chi connectivity index (χ0n) is 11.6. The van der Waals surface area contributed by atoms with Gasteiger partial charge in [-0.2, -0.15) is 0 Å². The van der Waals surface area contributed by atoms with Crippen molar-refractivity contribution in [2.45, 2.75) is 58.9 Å². The van der Waals surface area contributed by atoms with Gasteiger partial charge in [0.05, 0.1) is 6.04 Å². The van der Waals surface area contributed by atoms with Crippen LogP contribution in [-0.4, -0.2) is 29.9 Å². The monoisotopic (exact) mass is 240 g/mol. The molecule has 1 rings (SSSR count). The van der Waals surface area contributed by atoms with Crippen LogP contribution in [-0.2, 0) is 4.79 Å². The van der Waals surface area contributed by atoms with E-state index in [9.17, 15) is 4.79 Å². The topological polar surface area (TPSA) is 46.3 Å². The molecule has 1 unspecified atom stereocenters. The third-order valence-electron chi connectivity index (χ3n) is 3.78. The molecule has 3 nitrogen and oxygen atoms in total. The SMILES string of the molecule is CCC1CCCN(C(=O)[C@@H](N)CC(C)C)CC1. The smallest absolute Gasteiger partial charge is 0.239 e. The number of likely N-dealkylation sites (tertiary alicyclic amines) is 1. The Hall–Kier alpha value is -0.570. The second kappa shape index (κ2) is 7.00. The van der Waals surface area contributed by atoms with E-state index in [1.807, 2.05) is 4.90 Å². The van der Waals surface area contributed by atoms with Crippen molar-refractivity contribution in [3.05, 3.63) is 0 Å². The van der Waals surface area contributed by atoms with E-state index in [0.717, 1.165) is 38.3 Å². The van der Waals surface area contributed by atoms with Crippen molar-refractivity contribution in [2.75, 3.05) is 13.1 Å². The standard InChI is InChI=1S/C14H28N2O/c1-4-12-6-5-8-16(9-7-12)14(17)13(15)10-11(2)3/h11-13H,4-10,15H2,1-3H3/t12?,13-/m0/s1. The summed E-state index contributed by atoms with van der Waals surface area (Å²) in [5, 5.41) is 0. The largest absolute Gasteiger partial charge is 0.341 e. The number of rotatable bonds is 4. The average Bonchev–Trinajstić information content (AvgIpc) is 2.52. The van der Waals surface area contributed by atoms with Crippen LogP contribution in [0, 0.1) is 11.8 Å². The molecular formula is C14H28N2O. The molecule has 100 valence electrons. The maximum absolute atomic E-state index is 12.2. The Labute approximate surface area is 106 Å². The van der Waals surface area contributed by atoms with Gasteiger partial charge in [0.2, 0.25) is 5.91 Å². The molecule has 2 atom stereocenters. The lowest BCUT2D eigenvalue weighted by Gasteiger charge is -2.25. The Morgan fingerprint density at radius 3 is 2.65 bits per heavy atom. The van der Waals surface area contributed by atoms with Gasteiger partial charge in [0.15, 0.2) is 0 Å². The summed E-state index contributed by atoms with van der Waals surface area (Å²) in [5.74, 6) is 1.45. The van der Waals surface area contributed by atoms with Gasteiger partial charge in [0, 0.05) is 13.1 Å². The third-order valence-corrected chi connectivity index (χ3v) is 3.78. The molecule has 2 N–H and O–H groups in total. The second-order valence-corrected chi connectivity index (χ2v) is 5.77. The molecule has 0 saturated carbocycles. The molecule has 3 heteroatoms. The van der Waals surface area contributed by atoms with Crippen LogP contribution in [0.25, 0.3) is 0 Å². The molecule has 0 aromatic heterocycles. The number of carbonyl (C=O) groups is 1. The molecule has 1 saturated heterocycles. The average molecular weight is 240 g/mol. The fourth-order valence-corrected chi connectivity index (χ4v) is 2.64. The van der Waals surface area contributed by atoms with Crippen molar-refractivity contribution in [3.8, 4) is 0 Å². The van der Waals surface area contributed by atoms with E-state index in [0.29, 0.717) is 5.92 Å². The van der Waals surface area contributed by atoms with Gasteiger partial charge >= 0.3 is 0 Å². The van der Waals surface area contributed by atoms with Crippen LogP contribution in [0.5, 0.6) is 0 Å². The van der Waals surface area contributed by atoms with Gasteiger partial charge in [-0.05, 0) is 37.5 Å². The number of nitrogens with zero attached hydrogens (tertiary/aromatic N) is 1. The number of hydrogen-bond acceptors (Lipinski definition) is 2.